The van der Waals surface area contributed by atoms with Crippen LogP contribution in [0.15, 0.2) is 6.07 Å². The van der Waals surface area contributed by atoms with Crippen molar-refractivity contribution in [2.24, 2.45) is 0 Å². The number of pyridine rings is 1. The fourth-order valence-corrected chi connectivity index (χ4v) is 1.89. The van der Waals surface area contributed by atoms with E-state index in [0.29, 0.717) is 5.56 Å². The second kappa shape index (κ2) is 8.37. The second-order valence-corrected chi connectivity index (χ2v) is 6.32. The minimum atomic E-state index is -1.11. The number of nitro groups is 1. The van der Waals surface area contributed by atoms with Crippen LogP contribution in [-0.2, 0) is 25.5 Å². The highest BCUT2D eigenvalue weighted by Crippen LogP contribution is 2.24. The topological polar surface area (TPSA) is 138 Å². The summed E-state index contributed by atoms with van der Waals surface area (Å²) in [5.41, 5.74) is -1.14. The first-order valence-electron chi connectivity index (χ1n) is 7.79. The maximum atomic E-state index is 11.9. The third kappa shape index (κ3) is 6.11. The fourth-order valence-electron chi connectivity index (χ4n) is 1.89. The summed E-state index contributed by atoms with van der Waals surface area (Å²) >= 11 is 0. The number of ether oxygens (including phenoxy) is 2. The molecule has 0 aliphatic carbocycles. The molecule has 0 saturated carbocycles. The van der Waals surface area contributed by atoms with Crippen molar-refractivity contribution in [3.05, 3.63) is 27.4 Å². The number of carbonyl (C=O) groups is 3. The zero-order chi connectivity index (χ0) is 20.1. The summed E-state index contributed by atoms with van der Waals surface area (Å²) in [6, 6.07) is 1.16. The lowest BCUT2D eigenvalue weighted by Crippen LogP contribution is -2.28. The van der Waals surface area contributed by atoms with Gasteiger partial charge in [-0.25, -0.2) is 14.6 Å². The number of aryl methyl sites for hydroxylation is 1. The molecule has 0 bridgehead atoms. The van der Waals surface area contributed by atoms with Crippen LogP contribution in [0.1, 0.15) is 39.0 Å². The quantitative estimate of drug-likeness (QED) is 0.350. The van der Waals surface area contributed by atoms with Gasteiger partial charge in [-0.1, -0.05) is 0 Å². The van der Waals surface area contributed by atoms with Crippen molar-refractivity contribution in [2.45, 2.75) is 46.6 Å². The fraction of sp³-hybridized carbons (Fsp3) is 0.500. The summed E-state index contributed by atoms with van der Waals surface area (Å²) in [6.45, 7) is 8.05. The molecule has 0 aliphatic rings. The third-order valence-corrected chi connectivity index (χ3v) is 2.92. The molecule has 0 saturated heterocycles. The average Bonchev–Trinajstić information content (AvgIpc) is 2.48. The van der Waals surface area contributed by atoms with E-state index in [4.69, 9.17) is 4.74 Å². The molecule has 142 valence electrons. The Morgan fingerprint density at radius 2 is 1.92 bits per heavy atom. The van der Waals surface area contributed by atoms with Gasteiger partial charge < -0.3 is 9.47 Å². The van der Waals surface area contributed by atoms with E-state index in [1.54, 1.807) is 20.8 Å². The summed E-state index contributed by atoms with van der Waals surface area (Å²) < 4.78 is 9.67. The van der Waals surface area contributed by atoms with Gasteiger partial charge in [-0.05, 0) is 40.2 Å². The minimum absolute atomic E-state index is 0.000553. The number of esters is 1. The average molecular weight is 367 g/mol. The molecule has 10 heteroatoms. The number of rotatable bonds is 6. The number of nitrogens with one attached hydrogen (secondary N) is 1. The second-order valence-electron chi connectivity index (χ2n) is 6.32. The van der Waals surface area contributed by atoms with E-state index < -0.39 is 40.5 Å². The van der Waals surface area contributed by atoms with E-state index in [0.717, 1.165) is 6.07 Å². The Bertz CT molecular complexity index is 738. The molecular formula is C16H21N3O7. The molecule has 0 aliphatic heterocycles. The number of amides is 1. The molecule has 0 atom stereocenters. The van der Waals surface area contributed by atoms with Gasteiger partial charge in [0.1, 0.15) is 17.1 Å². The highest BCUT2D eigenvalue weighted by molar-refractivity contribution is 6.34. The smallest absolute Gasteiger partial charge is 0.413 e. The molecule has 0 unspecified atom stereocenters. The maximum absolute atomic E-state index is 11.9. The van der Waals surface area contributed by atoms with Gasteiger partial charge in [-0.3, -0.25) is 20.2 Å². The Balaban J connectivity index is 3.15. The van der Waals surface area contributed by atoms with Gasteiger partial charge in [0.25, 0.3) is 5.69 Å². The first-order valence-corrected chi connectivity index (χ1v) is 7.79. The number of aromatic nitrogens is 1. The lowest BCUT2D eigenvalue weighted by atomic mass is 10.1. The highest BCUT2D eigenvalue weighted by atomic mass is 16.6. The lowest BCUT2D eigenvalue weighted by Gasteiger charge is -2.20. The molecule has 1 aromatic heterocycles. The van der Waals surface area contributed by atoms with E-state index >= 15 is 0 Å². The minimum Gasteiger partial charge on any atom is -0.460 e. The van der Waals surface area contributed by atoms with Crippen LogP contribution in [-0.4, -0.2) is 40.0 Å². The SMILES string of the molecule is CCOC(=O)C(=O)Cc1nc(NC(=O)OC(C)(C)C)c(C)cc1[N+](=O)[O-]. The Hall–Kier alpha value is -3.04. The normalized spacial score (nSPS) is 10.8. The summed E-state index contributed by atoms with van der Waals surface area (Å²) in [7, 11) is 0. The molecule has 1 rings (SSSR count). The number of hydrogen-bond donors (Lipinski definition) is 1. The zero-order valence-electron chi connectivity index (χ0n) is 15.2. The van der Waals surface area contributed by atoms with Crippen LogP contribution in [0.5, 0.6) is 0 Å². The van der Waals surface area contributed by atoms with E-state index in [9.17, 15) is 24.5 Å². The standard InChI is InChI=1S/C16H21N3O7/c1-6-25-14(21)12(20)8-10-11(19(23)24)7-9(2)13(17-10)18-15(22)26-16(3,4)5/h7H,6,8H2,1-5H3,(H,17,18,22). The predicted octanol–water partition coefficient (Wildman–Crippen LogP) is 2.32. The monoisotopic (exact) mass is 367 g/mol. The van der Waals surface area contributed by atoms with Gasteiger partial charge in [0, 0.05) is 6.07 Å². The number of carbonyl (C=O) groups excluding carboxylic acids is 3. The predicted molar refractivity (Wildman–Crippen MR) is 90.8 cm³/mol. The first-order chi connectivity index (χ1) is 11.9. The van der Waals surface area contributed by atoms with Gasteiger partial charge in [-0.2, -0.15) is 0 Å². The number of ketones is 1. The van der Waals surface area contributed by atoms with Crippen molar-refractivity contribution in [3.8, 4) is 0 Å². The van der Waals surface area contributed by atoms with Gasteiger partial charge in [0.2, 0.25) is 5.78 Å². The van der Waals surface area contributed by atoms with Crippen molar-refractivity contribution < 1.29 is 28.8 Å². The Labute approximate surface area is 150 Å². The van der Waals surface area contributed by atoms with Gasteiger partial charge >= 0.3 is 12.1 Å². The van der Waals surface area contributed by atoms with Crippen molar-refractivity contribution in [2.75, 3.05) is 11.9 Å². The molecule has 0 spiro atoms. The zero-order valence-corrected chi connectivity index (χ0v) is 15.2. The molecule has 1 heterocycles. The van der Waals surface area contributed by atoms with Crippen LogP contribution in [0.3, 0.4) is 0 Å². The Kier molecular flexibility index (Phi) is 6.76. The molecule has 0 radical (unpaired) electrons. The third-order valence-electron chi connectivity index (χ3n) is 2.92. The van der Waals surface area contributed by atoms with Gasteiger partial charge in [0.15, 0.2) is 0 Å². The Morgan fingerprint density at radius 3 is 2.42 bits per heavy atom. The number of nitrogens with zero attached hydrogens (tertiary/aromatic N) is 2. The molecule has 10 nitrogen and oxygen atoms in total. The van der Waals surface area contributed by atoms with Crippen molar-refractivity contribution in [1.29, 1.82) is 0 Å². The summed E-state index contributed by atoms with van der Waals surface area (Å²) in [5, 5.41) is 13.6. The van der Waals surface area contributed by atoms with Crippen LogP contribution in [0.2, 0.25) is 0 Å². The number of Topliss-reactive ketones (excluding diaryl/α,β-unsaturated/α-hetero) is 1. The van der Waals surface area contributed by atoms with Gasteiger partial charge in [-0.15, -0.1) is 0 Å². The van der Waals surface area contributed by atoms with Crippen LogP contribution in [0.25, 0.3) is 0 Å². The Morgan fingerprint density at radius 1 is 1.31 bits per heavy atom. The molecular weight excluding hydrogens is 346 g/mol. The lowest BCUT2D eigenvalue weighted by molar-refractivity contribution is -0.385. The molecule has 26 heavy (non-hydrogen) atoms. The van der Waals surface area contributed by atoms with E-state index in [1.807, 2.05) is 0 Å². The maximum Gasteiger partial charge on any atom is 0.413 e. The summed E-state index contributed by atoms with van der Waals surface area (Å²) in [6.07, 6.45) is -1.43. The summed E-state index contributed by atoms with van der Waals surface area (Å²) in [4.78, 5) is 49.6. The van der Waals surface area contributed by atoms with Crippen LogP contribution >= 0.6 is 0 Å². The molecule has 1 amide bonds. The number of anilines is 1. The van der Waals surface area contributed by atoms with E-state index in [-0.39, 0.29) is 18.1 Å². The van der Waals surface area contributed by atoms with Crippen molar-refractivity contribution in [3.63, 3.8) is 0 Å². The van der Waals surface area contributed by atoms with E-state index in [1.165, 1.54) is 13.8 Å². The van der Waals surface area contributed by atoms with Crippen LogP contribution in [0, 0.1) is 17.0 Å². The summed E-state index contributed by atoms with van der Waals surface area (Å²) in [5.74, 6) is -2.09. The molecule has 1 aromatic rings. The van der Waals surface area contributed by atoms with Crippen LogP contribution in [0.4, 0.5) is 16.3 Å². The molecule has 1 N–H and O–H groups in total. The molecule has 0 fully saturated rings. The molecule has 0 aromatic carbocycles. The first kappa shape index (κ1) is 21.0. The van der Waals surface area contributed by atoms with Gasteiger partial charge in [0.05, 0.1) is 18.0 Å². The highest BCUT2D eigenvalue weighted by Gasteiger charge is 2.26. The van der Waals surface area contributed by atoms with Crippen molar-refractivity contribution in [1.82, 2.24) is 4.98 Å². The van der Waals surface area contributed by atoms with Crippen LogP contribution < -0.4 is 5.32 Å². The van der Waals surface area contributed by atoms with E-state index in [2.05, 4.69) is 15.0 Å². The van der Waals surface area contributed by atoms with Crippen molar-refractivity contribution >= 4 is 29.4 Å². The number of hydrogen-bond acceptors (Lipinski definition) is 8. The largest absolute Gasteiger partial charge is 0.460 e.